The van der Waals surface area contributed by atoms with Crippen LogP contribution in [0.25, 0.3) is 0 Å². The van der Waals surface area contributed by atoms with Gasteiger partial charge in [0.25, 0.3) is 0 Å². The second kappa shape index (κ2) is 4.06. The zero-order valence-corrected chi connectivity index (χ0v) is 8.17. The number of H-pyrrole nitrogens is 1. The first-order chi connectivity index (χ1) is 6.84. The molecule has 2 N–H and O–H groups in total. The van der Waals surface area contributed by atoms with Crippen molar-refractivity contribution in [2.75, 3.05) is 5.32 Å². The lowest BCUT2D eigenvalue weighted by molar-refractivity contribution is -0.115. The summed E-state index contributed by atoms with van der Waals surface area (Å²) in [4.78, 5) is 11.4. The van der Waals surface area contributed by atoms with E-state index in [1.54, 1.807) is 23.7 Å². The predicted octanol–water partition coefficient (Wildman–Crippen LogP) is 1.65. The van der Waals surface area contributed by atoms with Crippen molar-refractivity contribution in [2.45, 2.75) is 6.42 Å². The maximum atomic E-state index is 11.4. The lowest BCUT2D eigenvalue weighted by Crippen LogP contribution is -2.13. The fraction of sp³-hybridized carbons (Fsp3) is 0.111. The van der Waals surface area contributed by atoms with Crippen molar-refractivity contribution in [3.63, 3.8) is 0 Å². The van der Waals surface area contributed by atoms with Crippen molar-refractivity contribution in [3.8, 4) is 0 Å². The van der Waals surface area contributed by atoms with Crippen LogP contribution in [-0.4, -0.2) is 16.1 Å². The predicted molar refractivity (Wildman–Crippen MR) is 55.2 cm³/mol. The minimum absolute atomic E-state index is 0.0233. The lowest BCUT2D eigenvalue weighted by atomic mass is 10.2. The summed E-state index contributed by atoms with van der Waals surface area (Å²) in [6.07, 6.45) is 3.63. The molecule has 5 heteroatoms. The molecule has 0 unspecified atom stereocenters. The van der Waals surface area contributed by atoms with Gasteiger partial charge in [-0.2, -0.15) is 16.4 Å². The average molecular weight is 207 g/mol. The van der Waals surface area contributed by atoms with Crippen LogP contribution < -0.4 is 5.32 Å². The largest absolute Gasteiger partial charge is 0.323 e. The second-order valence-electron chi connectivity index (χ2n) is 2.84. The van der Waals surface area contributed by atoms with Crippen LogP contribution in [0.15, 0.2) is 29.2 Å². The monoisotopic (exact) mass is 207 g/mol. The van der Waals surface area contributed by atoms with Gasteiger partial charge < -0.3 is 5.32 Å². The first-order valence-corrected chi connectivity index (χ1v) is 5.08. The first kappa shape index (κ1) is 8.96. The molecule has 0 aromatic carbocycles. The number of nitrogens with one attached hydrogen (secondary N) is 2. The Morgan fingerprint density at radius 3 is 3.21 bits per heavy atom. The van der Waals surface area contributed by atoms with Gasteiger partial charge in [-0.05, 0) is 22.4 Å². The summed E-state index contributed by atoms with van der Waals surface area (Å²) in [6.45, 7) is 0. The van der Waals surface area contributed by atoms with Gasteiger partial charge >= 0.3 is 0 Å². The first-order valence-electron chi connectivity index (χ1n) is 4.14. The zero-order valence-electron chi connectivity index (χ0n) is 7.36. The Hall–Kier alpha value is -1.62. The maximum absolute atomic E-state index is 11.4. The van der Waals surface area contributed by atoms with Crippen molar-refractivity contribution in [2.24, 2.45) is 0 Å². The summed E-state index contributed by atoms with van der Waals surface area (Å²) >= 11 is 1.59. The molecule has 4 nitrogen and oxygen atoms in total. The molecule has 2 aromatic rings. The summed E-state index contributed by atoms with van der Waals surface area (Å²) in [6, 6.07) is 1.94. The van der Waals surface area contributed by atoms with Gasteiger partial charge in [-0.1, -0.05) is 0 Å². The molecule has 0 atom stereocenters. The molecule has 2 heterocycles. The highest BCUT2D eigenvalue weighted by Crippen LogP contribution is 2.08. The number of aromatic amines is 1. The highest BCUT2D eigenvalue weighted by molar-refractivity contribution is 7.07. The summed E-state index contributed by atoms with van der Waals surface area (Å²) in [7, 11) is 0. The van der Waals surface area contributed by atoms with E-state index in [0.717, 1.165) is 5.56 Å². The van der Waals surface area contributed by atoms with Crippen LogP contribution in [0, 0.1) is 0 Å². The van der Waals surface area contributed by atoms with Crippen LogP contribution in [0.5, 0.6) is 0 Å². The minimum Gasteiger partial charge on any atom is -0.323 e. The number of aromatic nitrogens is 2. The lowest BCUT2D eigenvalue weighted by Gasteiger charge is -1.99. The number of nitrogens with zero attached hydrogens (tertiary/aromatic N) is 1. The molecule has 0 bridgehead atoms. The van der Waals surface area contributed by atoms with Gasteiger partial charge in [-0.15, -0.1) is 0 Å². The number of carbonyl (C=O) groups is 1. The number of hydrogen-bond acceptors (Lipinski definition) is 3. The Morgan fingerprint density at radius 1 is 1.64 bits per heavy atom. The molecule has 0 aliphatic rings. The third kappa shape index (κ3) is 2.20. The van der Waals surface area contributed by atoms with Gasteiger partial charge in [0.2, 0.25) is 5.91 Å². The maximum Gasteiger partial charge on any atom is 0.228 e. The van der Waals surface area contributed by atoms with E-state index in [2.05, 4.69) is 15.5 Å². The van der Waals surface area contributed by atoms with Crippen molar-refractivity contribution in [1.29, 1.82) is 0 Å². The third-order valence-corrected chi connectivity index (χ3v) is 2.46. The van der Waals surface area contributed by atoms with Crippen LogP contribution in [0.1, 0.15) is 5.56 Å². The summed E-state index contributed by atoms with van der Waals surface area (Å²) < 4.78 is 0. The molecule has 0 aliphatic carbocycles. The molecule has 1 amide bonds. The fourth-order valence-electron chi connectivity index (χ4n) is 1.10. The van der Waals surface area contributed by atoms with Crippen molar-refractivity contribution in [1.82, 2.24) is 10.2 Å². The standard InChI is InChI=1S/C9H9N3OS/c13-9(3-7-1-2-14-6-7)12-8-4-10-11-5-8/h1-2,4-6H,3H2,(H,10,11)(H,12,13). The Labute approximate surface area is 85.0 Å². The fourth-order valence-corrected chi connectivity index (χ4v) is 1.77. The van der Waals surface area contributed by atoms with E-state index >= 15 is 0 Å². The highest BCUT2D eigenvalue weighted by Gasteiger charge is 2.04. The number of rotatable bonds is 3. The molecule has 2 rings (SSSR count). The van der Waals surface area contributed by atoms with E-state index in [1.807, 2.05) is 16.8 Å². The molecule has 0 fully saturated rings. The normalized spacial score (nSPS) is 10.0. The second-order valence-corrected chi connectivity index (χ2v) is 3.62. The van der Waals surface area contributed by atoms with E-state index in [0.29, 0.717) is 12.1 Å². The molecule has 0 aliphatic heterocycles. The number of carbonyl (C=O) groups excluding carboxylic acids is 1. The van der Waals surface area contributed by atoms with Crippen LogP contribution in [0.4, 0.5) is 5.69 Å². The molecule has 2 aromatic heterocycles. The van der Waals surface area contributed by atoms with Crippen LogP contribution >= 0.6 is 11.3 Å². The van der Waals surface area contributed by atoms with E-state index in [-0.39, 0.29) is 5.91 Å². The molecule has 14 heavy (non-hydrogen) atoms. The summed E-state index contributed by atoms with van der Waals surface area (Å²) in [5, 5.41) is 13.0. The SMILES string of the molecule is O=C(Cc1ccsc1)Nc1cn[nH]c1. The smallest absolute Gasteiger partial charge is 0.228 e. The van der Waals surface area contributed by atoms with Crippen LogP contribution in [-0.2, 0) is 11.2 Å². The molecule has 0 radical (unpaired) electrons. The third-order valence-electron chi connectivity index (χ3n) is 1.73. The highest BCUT2D eigenvalue weighted by atomic mass is 32.1. The van der Waals surface area contributed by atoms with E-state index in [9.17, 15) is 4.79 Å². The van der Waals surface area contributed by atoms with Crippen molar-refractivity contribution >= 4 is 22.9 Å². The van der Waals surface area contributed by atoms with Gasteiger partial charge in [0.15, 0.2) is 0 Å². The topological polar surface area (TPSA) is 57.8 Å². The molecule has 0 saturated carbocycles. The number of anilines is 1. The number of amides is 1. The molecular weight excluding hydrogens is 198 g/mol. The summed E-state index contributed by atoms with van der Waals surface area (Å²) in [5.41, 5.74) is 1.74. The molecule has 72 valence electrons. The Kier molecular flexibility index (Phi) is 2.60. The van der Waals surface area contributed by atoms with Crippen LogP contribution in [0.3, 0.4) is 0 Å². The van der Waals surface area contributed by atoms with E-state index < -0.39 is 0 Å². The van der Waals surface area contributed by atoms with Crippen molar-refractivity contribution < 1.29 is 4.79 Å². The van der Waals surface area contributed by atoms with Crippen molar-refractivity contribution in [3.05, 3.63) is 34.8 Å². The van der Waals surface area contributed by atoms with Gasteiger partial charge in [0.05, 0.1) is 18.3 Å². The molecular formula is C9H9N3OS. The molecule has 0 saturated heterocycles. The minimum atomic E-state index is -0.0233. The summed E-state index contributed by atoms with van der Waals surface area (Å²) in [5.74, 6) is -0.0233. The number of thiophene rings is 1. The quantitative estimate of drug-likeness (QED) is 0.804. The zero-order chi connectivity index (χ0) is 9.80. The average Bonchev–Trinajstić information content (AvgIpc) is 2.76. The van der Waals surface area contributed by atoms with Gasteiger partial charge in [0.1, 0.15) is 0 Å². The van der Waals surface area contributed by atoms with Gasteiger partial charge in [-0.3, -0.25) is 9.89 Å². The van der Waals surface area contributed by atoms with Gasteiger partial charge in [0, 0.05) is 6.20 Å². The Morgan fingerprint density at radius 2 is 2.57 bits per heavy atom. The van der Waals surface area contributed by atoms with E-state index in [4.69, 9.17) is 0 Å². The van der Waals surface area contributed by atoms with E-state index in [1.165, 1.54) is 0 Å². The van der Waals surface area contributed by atoms with Gasteiger partial charge in [-0.25, -0.2) is 0 Å². The Bertz CT molecular complexity index is 355. The Balaban J connectivity index is 1.91. The van der Waals surface area contributed by atoms with Crippen LogP contribution in [0.2, 0.25) is 0 Å². The molecule has 0 spiro atoms. The number of hydrogen-bond donors (Lipinski definition) is 2.